The minimum Gasteiger partial charge on any atom is -0.335 e. The second-order valence-electron chi connectivity index (χ2n) is 4.09. The molecule has 86 valence electrons. The zero-order valence-corrected chi connectivity index (χ0v) is 9.41. The zero-order valence-electron chi connectivity index (χ0n) is 9.41. The van der Waals surface area contributed by atoms with Gasteiger partial charge >= 0.3 is 6.03 Å². The van der Waals surface area contributed by atoms with Crippen LogP contribution < -0.4 is 11.1 Å². The van der Waals surface area contributed by atoms with Crippen molar-refractivity contribution in [1.29, 1.82) is 0 Å². The first-order chi connectivity index (χ1) is 7.24. The molecule has 1 unspecified atom stereocenters. The van der Waals surface area contributed by atoms with Crippen molar-refractivity contribution in [2.24, 2.45) is 11.7 Å². The van der Waals surface area contributed by atoms with Gasteiger partial charge in [0.15, 0.2) is 0 Å². The van der Waals surface area contributed by atoms with Crippen LogP contribution in [0, 0.1) is 5.92 Å². The molecule has 0 aromatic heterocycles. The summed E-state index contributed by atoms with van der Waals surface area (Å²) in [5, 5.41) is 2.85. The molecule has 1 rings (SSSR count). The van der Waals surface area contributed by atoms with E-state index in [-0.39, 0.29) is 6.03 Å². The van der Waals surface area contributed by atoms with Crippen LogP contribution in [0.5, 0.6) is 0 Å². The number of carbonyl (C=O) groups is 1. The highest BCUT2D eigenvalue weighted by Crippen LogP contribution is 2.14. The lowest BCUT2D eigenvalue weighted by Crippen LogP contribution is -2.45. The Kier molecular flexibility index (Phi) is 5.18. The van der Waals surface area contributed by atoms with Gasteiger partial charge in [-0.15, -0.1) is 0 Å². The SMILES string of the molecule is CC1CCCN(C(=O)NC/C=C/CN)C1. The number of nitrogens with two attached hydrogens (primary N) is 1. The fourth-order valence-electron chi connectivity index (χ4n) is 1.81. The van der Waals surface area contributed by atoms with Crippen molar-refractivity contribution in [2.75, 3.05) is 26.2 Å². The molecule has 1 atom stereocenters. The standard InChI is InChI=1S/C11H21N3O/c1-10-5-4-8-14(9-10)11(15)13-7-3-2-6-12/h2-3,10H,4-9,12H2,1H3,(H,13,15)/b3-2+. The first-order valence-electron chi connectivity index (χ1n) is 5.62. The number of amides is 2. The topological polar surface area (TPSA) is 58.4 Å². The third-order valence-electron chi connectivity index (χ3n) is 2.62. The van der Waals surface area contributed by atoms with E-state index in [1.807, 2.05) is 17.1 Å². The molecule has 0 spiro atoms. The largest absolute Gasteiger partial charge is 0.335 e. The number of rotatable bonds is 3. The minimum absolute atomic E-state index is 0.0446. The third kappa shape index (κ3) is 4.34. The number of hydrogen-bond acceptors (Lipinski definition) is 2. The van der Waals surface area contributed by atoms with E-state index in [1.165, 1.54) is 6.42 Å². The summed E-state index contributed by atoms with van der Waals surface area (Å²) in [5.41, 5.74) is 5.30. The molecule has 4 nitrogen and oxygen atoms in total. The van der Waals surface area contributed by atoms with Crippen molar-refractivity contribution < 1.29 is 4.79 Å². The molecule has 1 fully saturated rings. The van der Waals surface area contributed by atoms with Gasteiger partial charge in [0, 0.05) is 26.2 Å². The van der Waals surface area contributed by atoms with Gasteiger partial charge in [0.25, 0.3) is 0 Å². The van der Waals surface area contributed by atoms with E-state index in [0.717, 1.165) is 19.5 Å². The molecule has 0 aliphatic carbocycles. The van der Waals surface area contributed by atoms with Crippen LogP contribution in [0.4, 0.5) is 4.79 Å². The molecule has 1 saturated heterocycles. The van der Waals surface area contributed by atoms with Crippen LogP contribution >= 0.6 is 0 Å². The van der Waals surface area contributed by atoms with Gasteiger partial charge in [-0.3, -0.25) is 0 Å². The van der Waals surface area contributed by atoms with E-state index in [9.17, 15) is 4.79 Å². The highest BCUT2D eigenvalue weighted by Gasteiger charge is 2.19. The molecule has 15 heavy (non-hydrogen) atoms. The number of urea groups is 1. The summed E-state index contributed by atoms with van der Waals surface area (Å²) in [4.78, 5) is 13.5. The van der Waals surface area contributed by atoms with E-state index < -0.39 is 0 Å². The summed E-state index contributed by atoms with van der Waals surface area (Å²) in [6, 6.07) is 0.0446. The van der Waals surface area contributed by atoms with Gasteiger partial charge in [-0.05, 0) is 18.8 Å². The molecule has 2 amide bonds. The fourth-order valence-corrected chi connectivity index (χ4v) is 1.81. The lowest BCUT2D eigenvalue weighted by molar-refractivity contribution is 0.171. The maximum Gasteiger partial charge on any atom is 0.317 e. The van der Waals surface area contributed by atoms with Gasteiger partial charge in [0.05, 0.1) is 0 Å². The van der Waals surface area contributed by atoms with Crippen molar-refractivity contribution in [3.8, 4) is 0 Å². The van der Waals surface area contributed by atoms with Crippen molar-refractivity contribution in [3.63, 3.8) is 0 Å². The van der Waals surface area contributed by atoms with Crippen LogP contribution in [0.1, 0.15) is 19.8 Å². The van der Waals surface area contributed by atoms with Crippen LogP contribution in [0.3, 0.4) is 0 Å². The Bertz CT molecular complexity index is 228. The second-order valence-corrected chi connectivity index (χ2v) is 4.09. The van der Waals surface area contributed by atoms with Gasteiger partial charge in [-0.25, -0.2) is 4.79 Å². The van der Waals surface area contributed by atoms with E-state index in [4.69, 9.17) is 5.73 Å². The zero-order chi connectivity index (χ0) is 11.1. The molecule has 1 heterocycles. The Labute approximate surface area is 91.5 Å². The Morgan fingerprint density at radius 1 is 1.60 bits per heavy atom. The third-order valence-corrected chi connectivity index (χ3v) is 2.62. The van der Waals surface area contributed by atoms with Gasteiger partial charge < -0.3 is 16.0 Å². The van der Waals surface area contributed by atoms with Crippen molar-refractivity contribution in [2.45, 2.75) is 19.8 Å². The van der Waals surface area contributed by atoms with Crippen LogP contribution in [0.25, 0.3) is 0 Å². The number of likely N-dealkylation sites (tertiary alicyclic amines) is 1. The molecule has 1 aliphatic rings. The Balaban J connectivity index is 2.24. The molecule has 0 radical (unpaired) electrons. The summed E-state index contributed by atoms with van der Waals surface area (Å²) < 4.78 is 0. The summed E-state index contributed by atoms with van der Waals surface area (Å²) in [6.07, 6.45) is 6.08. The van der Waals surface area contributed by atoms with Crippen molar-refractivity contribution in [1.82, 2.24) is 10.2 Å². The lowest BCUT2D eigenvalue weighted by Gasteiger charge is -2.30. The van der Waals surface area contributed by atoms with Gasteiger partial charge in [-0.1, -0.05) is 19.1 Å². The predicted molar refractivity (Wildman–Crippen MR) is 61.6 cm³/mol. The Morgan fingerprint density at radius 3 is 3.07 bits per heavy atom. The summed E-state index contributed by atoms with van der Waals surface area (Å²) in [6.45, 7) is 5.05. The predicted octanol–water partition coefficient (Wildman–Crippen LogP) is 0.943. The fraction of sp³-hybridized carbons (Fsp3) is 0.727. The average Bonchev–Trinajstić information content (AvgIpc) is 2.24. The van der Waals surface area contributed by atoms with Crippen LogP contribution in [-0.2, 0) is 0 Å². The highest BCUT2D eigenvalue weighted by atomic mass is 16.2. The molecule has 4 heteroatoms. The Hall–Kier alpha value is -1.03. The number of piperidine rings is 1. The van der Waals surface area contributed by atoms with Crippen molar-refractivity contribution in [3.05, 3.63) is 12.2 Å². The van der Waals surface area contributed by atoms with E-state index in [2.05, 4.69) is 12.2 Å². The van der Waals surface area contributed by atoms with E-state index in [0.29, 0.717) is 19.0 Å². The minimum atomic E-state index is 0.0446. The summed E-state index contributed by atoms with van der Waals surface area (Å²) in [7, 11) is 0. The first kappa shape index (κ1) is 12.0. The van der Waals surface area contributed by atoms with Crippen LogP contribution in [-0.4, -0.2) is 37.1 Å². The maximum absolute atomic E-state index is 11.7. The van der Waals surface area contributed by atoms with Crippen molar-refractivity contribution >= 4 is 6.03 Å². The molecular formula is C11H21N3O. The number of carbonyl (C=O) groups excluding carboxylic acids is 1. The van der Waals surface area contributed by atoms with Gasteiger partial charge in [0.1, 0.15) is 0 Å². The molecule has 1 aliphatic heterocycles. The van der Waals surface area contributed by atoms with Gasteiger partial charge in [-0.2, -0.15) is 0 Å². The maximum atomic E-state index is 11.7. The van der Waals surface area contributed by atoms with E-state index in [1.54, 1.807) is 0 Å². The first-order valence-corrected chi connectivity index (χ1v) is 5.62. The smallest absolute Gasteiger partial charge is 0.317 e. The Morgan fingerprint density at radius 2 is 2.40 bits per heavy atom. The molecule has 0 aromatic rings. The van der Waals surface area contributed by atoms with Crippen LogP contribution in [0.15, 0.2) is 12.2 Å². The molecular weight excluding hydrogens is 190 g/mol. The van der Waals surface area contributed by atoms with E-state index >= 15 is 0 Å². The second kappa shape index (κ2) is 6.45. The number of hydrogen-bond donors (Lipinski definition) is 2. The molecule has 0 bridgehead atoms. The highest BCUT2D eigenvalue weighted by molar-refractivity contribution is 5.74. The molecule has 0 aromatic carbocycles. The summed E-state index contributed by atoms with van der Waals surface area (Å²) >= 11 is 0. The number of nitrogens with one attached hydrogen (secondary N) is 1. The normalized spacial score (nSPS) is 22.0. The molecule has 0 saturated carbocycles. The monoisotopic (exact) mass is 211 g/mol. The summed E-state index contributed by atoms with van der Waals surface area (Å²) in [5.74, 6) is 0.629. The molecule has 3 N–H and O–H groups in total. The van der Waals surface area contributed by atoms with Crippen LogP contribution in [0.2, 0.25) is 0 Å². The quantitative estimate of drug-likeness (QED) is 0.683. The lowest BCUT2D eigenvalue weighted by atomic mass is 10.0. The number of nitrogens with zero attached hydrogens (tertiary/aromatic N) is 1. The average molecular weight is 211 g/mol. The van der Waals surface area contributed by atoms with Gasteiger partial charge in [0.2, 0.25) is 0 Å².